The summed E-state index contributed by atoms with van der Waals surface area (Å²) in [6.07, 6.45) is 1.32. The third-order valence-electron chi connectivity index (χ3n) is 4.83. The number of ether oxygens (including phenoxy) is 2. The van der Waals surface area contributed by atoms with Crippen molar-refractivity contribution in [2.45, 2.75) is 13.8 Å². The van der Waals surface area contributed by atoms with Crippen LogP contribution >= 0.6 is 11.6 Å². The molecule has 0 aliphatic carbocycles. The lowest BCUT2D eigenvalue weighted by atomic mass is 10.1. The minimum absolute atomic E-state index is 0.182. The molecule has 3 rings (SSSR count). The van der Waals surface area contributed by atoms with Crippen molar-refractivity contribution < 1.29 is 23.9 Å². The highest BCUT2D eigenvalue weighted by Crippen LogP contribution is 2.29. The van der Waals surface area contributed by atoms with Crippen LogP contribution in [0.15, 0.2) is 65.8 Å². The van der Waals surface area contributed by atoms with Crippen molar-refractivity contribution in [2.75, 3.05) is 12.4 Å². The molecule has 8 nitrogen and oxygen atoms in total. The number of hydrogen-bond donors (Lipinski definition) is 2. The third kappa shape index (κ3) is 6.20. The van der Waals surface area contributed by atoms with Crippen molar-refractivity contribution in [3.05, 3.63) is 87.9 Å². The quantitative estimate of drug-likeness (QED) is 0.180. The Morgan fingerprint density at radius 3 is 2.38 bits per heavy atom. The molecule has 3 aromatic rings. The number of nitrogens with one attached hydrogen (secondary N) is 2. The van der Waals surface area contributed by atoms with Gasteiger partial charge in [-0.2, -0.15) is 5.10 Å². The Bertz CT molecular complexity index is 1270. The predicted octanol–water partition coefficient (Wildman–Crippen LogP) is 4.27. The lowest BCUT2D eigenvalue weighted by molar-refractivity contribution is -0.136. The summed E-state index contributed by atoms with van der Waals surface area (Å²) >= 11 is 6.04. The van der Waals surface area contributed by atoms with E-state index >= 15 is 0 Å². The van der Waals surface area contributed by atoms with Crippen molar-refractivity contribution in [3.63, 3.8) is 0 Å². The lowest BCUT2D eigenvalue weighted by Gasteiger charge is -2.10. The van der Waals surface area contributed by atoms with Crippen molar-refractivity contribution in [2.24, 2.45) is 5.10 Å². The van der Waals surface area contributed by atoms with Gasteiger partial charge in [0.1, 0.15) is 0 Å². The second-order valence-corrected chi connectivity index (χ2v) is 7.64. The van der Waals surface area contributed by atoms with Gasteiger partial charge in [-0.15, -0.1) is 0 Å². The summed E-state index contributed by atoms with van der Waals surface area (Å²) in [5.74, 6) is -1.96. The zero-order valence-corrected chi connectivity index (χ0v) is 19.5. The van der Waals surface area contributed by atoms with Gasteiger partial charge in [0.05, 0.1) is 23.9 Å². The molecule has 9 heteroatoms. The summed E-state index contributed by atoms with van der Waals surface area (Å²) in [6.45, 7) is 3.86. The topological polar surface area (TPSA) is 106 Å². The largest absolute Gasteiger partial charge is 0.493 e. The first-order valence-corrected chi connectivity index (χ1v) is 10.5. The molecule has 3 aromatic carbocycles. The molecule has 0 saturated heterocycles. The molecular weight excluding hydrogens is 458 g/mol. The number of carbonyl (C=O) groups excluding carboxylic acids is 3. The van der Waals surface area contributed by atoms with E-state index in [1.54, 1.807) is 48.5 Å². The second kappa shape index (κ2) is 11.1. The molecule has 0 unspecified atom stereocenters. The lowest BCUT2D eigenvalue weighted by Crippen LogP contribution is -2.32. The first kappa shape index (κ1) is 24.5. The third-order valence-corrected chi connectivity index (χ3v) is 5.16. The van der Waals surface area contributed by atoms with Crippen LogP contribution < -0.4 is 20.2 Å². The van der Waals surface area contributed by atoms with Gasteiger partial charge in [-0.1, -0.05) is 29.8 Å². The van der Waals surface area contributed by atoms with Crippen molar-refractivity contribution >= 4 is 41.3 Å². The predicted molar refractivity (Wildman–Crippen MR) is 130 cm³/mol. The van der Waals surface area contributed by atoms with E-state index in [2.05, 4.69) is 15.8 Å². The molecule has 2 amide bonds. The minimum atomic E-state index is -0.924. The maximum Gasteiger partial charge on any atom is 0.345 e. The number of nitrogens with zero attached hydrogens (tertiary/aromatic N) is 1. The summed E-state index contributed by atoms with van der Waals surface area (Å²) in [5.41, 5.74) is 5.50. The van der Waals surface area contributed by atoms with Crippen LogP contribution in [0.2, 0.25) is 5.02 Å². The fraction of sp³-hybridized carbons (Fsp3) is 0.120. The molecule has 0 fully saturated rings. The molecule has 34 heavy (non-hydrogen) atoms. The number of methoxy groups -OCH3 is 1. The van der Waals surface area contributed by atoms with E-state index in [0.717, 1.165) is 11.1 Å². The van der Waals surface area contributed by atoms with E-state index in [1.807, 2.05) is 19.9 Å². The fourth-order valence-electron chi connectivity index (χ4n) is 2.85. The number of benzene rings is 3. The first-order valence-electron chi connectivity index (χ1n) is 10.1. The average molecular weight is 480 g/mol. The van der Waals surface area contributed by atoms with Crippen LogP contribution in [0.5, 0.6) is 11.5 Å². The Morgan fingerprint density at radius 2 is 1.68 bits per heavy atom. The highest BCUT2D eigenvalue weighted by Gasteiger charge is 2.16. The fourth-order valence-corrected chi connectivity index (χ4v) is 3.07. The molecular formula is C25H22ClN3O5. The van der Waals surface area contributed by atoms with Gasteiger partial charge in [-0.05, 0) is 73.0 Å². The van der Waals surface area contributed by atoms with E-state index in [1.165, 1.54) is 19.4 Å². The van der Waals surface area contributed by atoms with E-state index in [0.29, 0.717) is 11.3 Å². The zero-order valence-electron chi connectivity index (χ0n) is 18.7. The van der Waals surface area contributed by atoms with Gasteiger partial charge < -0.3 is 14.8 Å². The van der Waals surface area contributed by atoms with E-state index in [9.17, 15) is 14.4 Å². The van der Waals surface area contributed by atoms with Gasteiger partial charge in [0.2, 0.25) is 0 Å². The molecule has 2 N–H and O–H groups in total. The molecule has 0 aromatic heterocycles. The normalized spacial score (nSPS) is 10.6. The van der Waals surface area contributed by atoms with Gasteiger partial charge >= 0.3 is 17.8 Å². The number of carbonyl (C=O) groups is 3. The van der Waals surface area contributed by atoms with Crippen LogP contribution in [0.25, 0.3) is 0 Å². The second-order valence-electron chi connectivity index (χ2n) is 7.23. The van der Waals surface area contributed by atoms with Crippen LogP contribution in [0.3, 0.4) is 0 Å². The van der Waals surface area contributed by atoms with Gasteiger partial charge in [0.15, 0.2) is 11.5 Å². The molecule has 0 radical (unpaired) electrons. The summed E-state index contributed by atoms with van der Waals surface area (Å²) in [4.78, 5) is 36.5. The number of hydrogen-bond acceptors (Lipinski definition) is 6. The molecule has 0 bridgehead atoms. The maximum absolute atomic E-state index is 12.4. The van der Waals surface area contributed by atoms with Crippen molar-refractivity contribution in [1.82, 2.24) is 5.43 Å². The van der Waals surface area contributed by atoms with Gasteiger partial charge in [-0.3, -0.25) is 9.59 Å². The smallest absolute Gasteiger partial charge is 0.345 e. The van der Waals surface area contributed by atoms with E-state index in [4.69, 9.17) is 21.1 Å². The number of halogens is 1. The highest BCUT2D eigenvalue weighted by atomic mass is 35.5. The number of hydrazone groups is 1. The van der Waals surface area contributed by atoms with Crippen molar-refractivity contribution in [1.29, 1.82) is 0 Å². The first-order chi connectivity index (χ1) is 16.3. The molecule has 0 atom stereocenters. The Hall–Kier alpha value is -4.17. The number of amides is 2. The maximum atomic E-state index is 12.4. The van der Waals surface area contributed by atoms with Crippen LogP contribution in [0.4, 0.5) is 5.69 Å². The molecule has 0 saturated carbocycles. The van der Waals surface area contributed by atoms with Crippen molar-refractivity contribution in [3.8, 4) is 11.5 Å². The number of rotatable bonds is 6. The van der Waals surface area contributed by atoms with E-state index in [-0.39, 0.29) is 22.1 Å². The molecule has 0 aliphatic rings. The van der Waals surface area contributed by atoms with Crippen LogP contribution in [0, 0.1) is 13.8 Å². The molecule has 174 valence electrons. The Kier molecular flexibility index (Phi) is 8.00. The average Bonchev–Trinajstić information content (AvgIpc) is 2.82. The molecule has 0 aliphatic heterocycles. The number of anilines is 1. The van der Waals surface area contributed by atoms with Crippen LogP contribution in [-0.2, 0) is 9.59 Å². The monoisotopic (exact) mass is 479 g/mol. The van der Waals surface area contributed by atoms with Crippen LogP contribution in [0.1, 0.15) is 27.0 Å². The molecule has 0 heterocycles. The Labute approximate surface area is 201 Å². The zero-order chi connectivity index (χ0) is 24.7. The SMILES string of the molecule is COc1cc(/C=N/NC(=O)C(=O)Nc2ccc(C)c(C)c2)ccc1OC(=O)c1ccccc1Cl. The standard InChI is InChI=1S/C25H22ClN3O5/c1-15-8-10-18(12-16(15)2)28-23(30)24(31)29-27-14-17-9-11-21(22(13-17)33-3)34-25(32)19-6-4-5-7-20(19)26/h4-14H,1-3H3,(H,28,30)(H,29,31)/b27-14+. The van der Waals surface area contributed by atoms with Gasteiger partial charge in [0.25, 0.3) is 0 Å². The number of aryl methyl sites for hydroxylation is 2. The van der Waals surface area contributed by atoms with Gasteiger partial charge in [0, 0.05) is 5.69 Å². The summed E-state index contributed by atoms with van der Waals surface area (Å²) in [6, 6.07) is 16.5. The minimum Gasteiger partial charge on any atom is -0.493 e. The summed E-state index contributed by atoms with van der Waals surface area (Å²) in [5, 5.41) is 6.58. The van der Waals surface area contributed by atoms with Crippen LogP contribution in [-0.4, -0.2) is 31.1 Å². The summed E-state index contributed by atoms with van der Waals surface area (Å²) < 4.78 is 10.7. The summed E-state index contributed by atoms with van der Waals surface area (Å²) in [7, 11) is 1.42. The number of esters is 1. The highest BCUT2D eigenvalue weighted by molar-refractivity contribution is 6.39. The van der Waals surface area contributed by atoms with E-state index < -0.39 is 17.8 Å². The van der Waals surface area contributed by atoms with Gasteiger partial charge in [-0.25, -0.2) is 10.2 Å². The Balaban J connectivity index is 1.61. The Morgan fingerprint density at radius 1 is 0.912 bits per heavy atom. The molecule has 0 spiro atoms.